The number of benzene rings is 1. The molecule has 0 aliphatic carbocycles. The van der Waals surface area contributed by atoms with Gasteiger partial charge in [0.2, 0.25) is 0 Å². The van der Waals surface area contributed by atoms with Crippen molar-refractivity contribution in [3.05, 3.63) is 29.8 Å². The molecule has 2 rings (SSSR count). The number of ether oxygens (including phenoxy) is 6. The second-order valence-electron chi connectivity index (χ2n) is 7.28. The normalized spacial score (nSPS) is 17.8. The molecule has 0 aromatic heterocycles. The number of methoxy groups -OCH3 is 1. The van der Waals surface area contributed by atoms with Gasteiger partial charge in [0.05, 0.1) is 26.4 Å². The Morgan fingerprint density at radius 1 is 1.07 bits per heavy atom. The van der Waals surface area contributed by atoms with Gasteiger partial charge in [-0.15, -0.1) is 0 Å². The number of hydrogen-bond acceptors (Lipinski definition) is 7. The smallest absolute Gasteiger partial charge is 0.119 e. The summed E-state index contributed by atoms with van der Waals surface area (Å²) in [5.74, 6) is 0.878. The van der Waals surface area contributed by atoms with Crippen LogP contribution in [0.15, 0.2) is 24.3 Å². The molecule has 1 aliphatic rings. The van der Waals surface area contributed by atoms with Gasteiger partial charge in [-0.3, -0.25) is 5.32 Å². The van der Waals surface area contributed by atoms with Crippen LogP contribution in [0.1, 0.15) is 25.3 Å². The summed E-state index contributed by atoms with van der Waals surface area (Å²) in [5.41, 5.74) is 1.22. The second kappa shape index (κ2) is 14.7. The molecule has 0 bridgehead atoms. The SMILES string of the molecule is COCC(COCCCCOCC1CO1)OC(C)NCCOc1ccc(C)cc1. The third kappa shape index (κ3) is 12.2. The molecule has 1 heterocycles. The van der Waals surface area contributed by atoms with Crippen molar-refractivity contribution in [2.24, 2.45) is 0 Å². The van der Waals surface area contributed by atoms with Crippen LogP contribution in [0.4, 0.5) is 0 Å². The lowest BCUT2D eigenvalue weighted by molar-refractivity contribution is -0.0896. The zero-order valence-electron chi connectivity index (χ0n) is 18.1. The molecule has 0 amide bonds. The van der Waals surface area contributed by atoms with E-state index >= 15 is 0 Å². The molecule has 1 saturated heterocycles. The van der Waals surface area contributed by atoms with Crippen LogP contribution in [0.3, 0.4) is 0 Å². The average molecular weight is 412 g/mol. The van der Waals surface area contributed by atoms with Gasteiger partial charge < -0.3 is 28.4 Å². The minimum Gasteiger partial charge on any atom is -0.492 e. The Balaban J connectivity index is 1.47. The first-order valence-corrected chi connectivity index (χ1v) is 10.5. The Labute approximate surface area is 174 Å². The molecule has 166 valence electrons. The molecule has 3 atom stereocenters. The highest BCUT2D eigenvalue weighted by atomic mass is 16.6. The predicted molar refractivity (Wildman–Crippen MR) is 111 cm³/mol. The van der Waals surface area contributed by atoms with E-state index in [0.717, 1.165) is 31.8 Å². The summed E-state index contributed by atoms with van der Waals surface area (Å²) in [6.45, 7) is 9.33. The molecule has 29 heavy (non-hydrogen) atoms. The van der Waals surface area contributed by atoms with Crippen LogP contribution in [0, 0.1) is 6.92 Å². The van der Waals surface area contributed by atoms with Gasteiger partial charge in [-0.05, 0) is 38.8 Å². The Morgan fingerprint density at radius 2 is 1.79 bits per heavy atom. The number of hydrogen-bond donors (Lipinski definition) is 1. The Kier molecular flexibility index (Phi) is 12.2. The summed E-state index contributed by atoms with van der Waals surface area (Å²) in [6, 6.07) is 8.05. The number of unbranched alkanes of at least 4 members (excludes halogenated alkanes) is 1. The molecule has 3 unspecified atom stereocenters. The Morgan fingerprint density at radius 3 is 2.48 bits per heavy atom. The van der Waals surface area contributed by atoms with Crippen LogP contribution < -0.4 is 10.1 Å². The van der Waals surface area contributed by atoms with Crippen molar-refractivity contribution in [1.82, 2.24) is 5.32 Å². The van der Waals surface area contributed by atoms with E-state index in [0.29, 0.717) is 45.7 Å². The lowest BCUT2D eigenvalue weighted by Crippen LogP contribution is -2.38. The zero-order chi connectivity index (χ0) is 20.7. The van der Waals surface area contributed by atoms with E-state index in [1.54, 1.807) is 7.11 Å². The third-order valence-corrected chi connectivity index (χ3v) is 4.41. The molecular formula is C22H37NO6. The first kappa shape index (κ1) is 24.1. The maximum Gasteiger partial charge on any atom is 0.119 e. The molecule has 1 aromatic rings. The number of nitrogens with one attached hydrogen (secondary N) is 1. The summed E-state index contributed by atoms with van der Waals surface area (Å²) in [6.07, 6.45) is 2.07. The number of aryl methyl sites for hydroxylation is 1. The van der Waals surface area contributed by atoms with Crippen LogP contribution in [-0.2, 0) is 23.7 Å². The van der Waals surface area contributed by atoms with Crippen molar-refractivity contribution >= 4 is 0 Å². The molecule has 7 heteroatoms. The van der Waals surface area contributed by atoms with Gasteiger partial charge >= 0.3 is 0 Å². The van der Waals surface area contributed by atoms with Crippen molar-refractivity contribution in [2.45, 2.75) is 45.1 Å². The van der Waals surface area contributed by atoms with Crippen LogP contribution >= 0.6 is 0 Å². The van der Waals surface area contributed by atoms with Crippen LogP contribution in [-0.4, -0.2) is 78.3 Å². The first-order valence-electron chi connectivity index (χ1n) is 10.5. The zero-order valence-corrected chi connectivity index (χ0v) is 18.1. The monoisotopic (exact) mass is 411 g/mol. The van der Waals surface area contributed by atoms with Gasteiger partial charge in [-0.2, -0.15) is 0 Å². The van der Waals surface area contributed by atoms with E-state index in [9.17, 15) is 0 Å². The molecule has 1 fully saturated rings. The van der Waals surface area contributed by atoms with Crippen molar-refractivity contribution in [2.75, 3.05) is 59.9 Å². The first-order chi connectivity index (χ1) is 14.2. The summed E-state index contributed by atoms with van der Waals surface area (Å²) in [5, 5.41) is 3.31. The predicted octanol–water partition coefficient (Wildman–Crippen LogP) is 2.55. The Bertz CT molecular complexity index is 523. The van der Waals surface area contributed by atoms with Gasteiger partial charge in [-0.25, -0.2) is 0 Å². The van der Waals surface area contributed by atoms with Crippen LogP contribution in [0.2, 0.25) is 0 Å². The quantitative estimate of drug-likeness (QED) is 0.226. The van der Waals surface area contributed by atoms with E-state index < -0.39 is 0 Å². The third-order valence-electron chi connectivity index (χ3n) is 4.41. The highest BCUT2D eigenvalue weighted by Gasteiger charge is 2.21. The fourth-order valence-electron chi connectivity index (χ4n) is 2.72. The van der Waals surface area contributed by atoms with Crippen LogP contribution in [0.25, 0.3) is 0 Å². The lowest BCUT2D eigenvalue weighted by atomic mass is 10.2. The lowest BCUT2D eigenvalue weighted by Gasteiger charge is -2.23. The van der Waals surface area contributed by atoms with Crippen molar-refractivity contribution in [3.63, 3.8) is 0 Å². The fourth-order valence-corrected chi connectivity index (χ4v) is 2.72. The summed E-state index contributed by atoms with van der Waals surface area (Å²) >= 11 is 0. The van der Waals surface area contributed by atoms with Gasteiger partial charge in [0, 0.05) is 26.9 Å². The largest absolute Gasteiger partial charge is 0.492 e. The van der Waals surface area contributed by atoms with E-state index in [4.69, 9.17) is 28.4 Å². The second-order valence-corrected chi connectivity index (χ2v) is 7.28. The molecule has 7 nitrogen and oxygen atoms in total. The van der Waals surface area contributed by atoms with Gasteiger partial charge in [0.1, 0.15) is 30.8 Å². The van der Waals surface area contributed by atoms with Crippen molar-refractivity contribution < 1.29 is 28.4 Å². The molecule has 1 aromatic carbocycles. The molecular weight excluding hydrogens is 374 g/mol. The summed E-state index contributed by atoms with van der Waals surface area (Å²) in [7, 11) is 1.67. The average Bonchev–Trinajstić information content (AvgIpc) is 3.53. The van der Waals surface area contributed by atoms with E-state index in [2.05, 4.69) is 12.2 Å². The Hall–Kier alpha value is -1.22. The molecule has 0 spiro atoms. The molecule has 0 radical (unpaired) electrons. The van der Waals surface area contributed by atoms with E-state index in [1.807, 2.05) is 31.2 Å². The molecule has 0 saturated carbocycles. The highest BCUT2D eigenvalue weighted by Crippen LogP contribution is 2.11. The van der Waals surface area contributed by atoms with Gasteiger partial charge in [0.15, 0.2) is 0 Å². The number of epoxide rings is 1. The summed E-state index contributed by atoms with van der Waals surface area (Å²) in [4.78, 5) is 0. The van der Waals surface area contributed by atoms with Gasteiger partial charge in [0.25, 0.3) is 0 Å². The highest BCUT2D eigenvalue weighted by molar-refractivity contribution is 5.26. The summed E-state index contributed by atoms with van der Waals surface area (Å²) < 4.78 is 33.3. The molecule has 1 N–H and O–H groups in total. The minimum absolute atomic E-state index is 0.108. The van der Waals surface area contributed by atoms with Crippen LogP contribution in [0.5, 0.6) is 5.75 Å². The maximum absolute atomic E-state index is 5.98. The topological polar surface area (TPSA) is 70.7 Å². The van der Waals surface area contributed by atoms with Crippen molar-refractivity contribution in [3.8, 4) is 5.75 Å². The number of rotatable bonds is 18. The maximum atomic E-state index is 5.98. The molecule has 1 aliphatic heterocycles. The standard InChI is InChI=1S/C22H37NO6/c1-18-6-8-20(9-7-18)27-13-10-23-19(2)29-22(14-24-3)16-26-12-5-4-11-25-15-21-17-28-21/h6-9,19,21-23H,4-5,10-17H2,1-3H3. The fraction of sp³-hybridized carbons (Fsp3) is 0.727. The van der Waals surface area contributed by atoms with Gasteiger partial charge in [-0.1, -0.05) is 17.7 Å². The minimum atomic E-state index is -0.113. The van der Waals surface area contributed by atoms with Crippen molar-refractivity contribution in [1.29, 1.82) is 0 Å². The van der Waals surface area contributed by atoms with E-state index in [1.165, 1.54) is 5.56 Å². The van der Waals surface area contributed by atoms with E-state index in [-0.39, 0.29) is 12.3 Å².